The first-order chi connectivity index (χ1) is 28.5. The quantitative estimate of drug-likeness (QED) is 0.307. The molecule has 2 aromatic carbocycles. The van der Waals surface area contributed by atoms with Crippen LogP contribution >= 0.6 is 11.6 Å². The molecule has 1 saturated carbocycles. The maximum atomic E-state index is 15.8. The van der Waals surface area contributed by atoms with Crippen LogP contribution in [-0.4, -0.2) is 117 Å². The lowest BCUT2D eigenvalue weighted by atomic mass is 9.84. The summed E-state index contributed by atoms with van der Waals surface area (Å²) in [7, 11) is 0. The molecule has 7 heterocycles. The summed E-state index contributed by atoms with van der Waals surface area (Å²) in [6, 6.07) is 12.0. The van der Waals surface area contributed by atoms with E-state index in [1.54, 1.807) is 30.3 Å². The minimum Gasteiger partial charge on any atom is -0.490 e. The van der Waals surface area contributed by atoms with Gasteiger partial charge in [0.2, 0.25) is 5.91 Å². The number of piperazine rings is 1. The smallest absolute Gasteiger partial charge is 0.269 e. The minimum absolute atomic E-state index is 0.00337. The van der Waals surface area contributed by atoms with Crippen molar-refractivity contribution in [2.75, 3.05) is 42.5 Å². The lowest BCUT2D eigenvalue weighted by Gasteiger charge is -2.57. The second-order valence-corrected chi connectivity index (χ2v) is 16.9. The Bertz CT molecular complexity index is 2260. The van der Waals surface area contributed by atoms with Gasteiger partial charge >= 0.3 is 0 Å². The Morgan fingerprint density at radius 3 is 2.22 bits per heavy atom. The number of benzene rings is 2. The van der Waals surface area contributed by atoms with Gasteiger partial charge in [0.05, 0.1) is 33.5 Å². The van der Waals surface area contributed by atoms with E-state index in [2.05, 4.69) is 20.0 Å². The van der Waals surface area contributed by atoms with Gasteiger partial charge in [-0.25, -0.2) is 4.39 Å². The van der Waals surface area contributed by atoms with Gasteiger partial charge in [-0.15, -0.1) is 10.2 Å². The average molecular weight is 824 g/mol. The van der Waals surface area contributed by atoms with Gasteiger partial charge in [0, 0.05) is 63.3 Å². The molecule has 1 aliphatic carbocycles. The number of anilines is 2. The number of aromatic nitrogens is 2. The first-order valence-corrected chi connectivity index (χ1v) is 20.7. The fraction of sp³-hybridized carbons (Fsp3) is 0.476. The summed E-state index contributed by atoms with van der Waals surface area (Å²) in [6.07, 6.45) is 4.69. The highest BCUT2D eigenvalue weighted by molar-refractivity contribution is 6.31. The number of nitrogens with zero attached hydrogens (tertiary/aromatic N) is 8. The Labute approximate surface area is 344 Å². The van der Waals surface area contributed by atoms with E-state index in [4.69, 9.17) is 27.3 Å². The van der Waals surface area contributed by atoms with Crippen molar-refractivity contribution in [2.24, 2.45) is 11.7 Å². The fourth-order valence-corrected chi connectivity index (χ4v) is 10.1. The van der Waals surface area contributed by atoms with Crippen LogP contribution in [0.25, 0.3) is 0 Å². The van der Waals surface area contributed by atoms with Crippen LogP contribution in [0.3, 0.4) is 0 Å². The van der Waals surface area contributed by atoms with E-state index in [1.807, 2.05) is 11.0 Å². The lowest BCUT2D eigenvalue weighted by molar-refractivity contribution is -0.155. The van der Waals surface area contributed by atoms with Gasteiger partial charge in [0.15, 0.2) is 11.5 Å². The molecule has 5 amide bonds. The number of imide groups is 2. The van der Waals surface area contributed by atoms with E-state index < -0.39 is 41.5 Å². The number of nitrogens with two attached hydrogens (primary N) is 1. The van der Waals surface area contributed by atoms with Crippen molar-refractivity contribution >= 4 is 52.6 Å². The molecule has 1 aromatic heterocycles. The molecule has 6 fully saturated rings. The largest absolute Gasteiger partial charge is 0.490 e. The number of carbonyl (C=O) groups is 5. The van der Waals surface area contributed by atoms with E-state index in [1.165, 1.54) is 11.0 Å². The van der Waals surface area contributed by atoms with Crippen LogP contribution in [0.5, 0.6) is 5.75 Å². The zero-order valence-electron chi connectivity index (χ0n) is 32.3. The lowest BCUT2D eigenvalue weighted by Crippen LogP contribution is -2.69. The predicted molar refractivity (Wildman–Crippen MR) is 211 cm³/mol. The van der Waals surface area contributed by atoms with Gasteiger partial charge in [-0.3, -0.25) is 38.7 Å². The van der Waals surface area contributed by atoms with Crippen molar-refractivity contribution in [1.29, 1.82) is 5.26 Å². The van der Waals surface area contributed by atoms with Crippen LogP contribution < -0.4 is 20.3 Å². The van der Waals surface area contributed by atoms with E-state index in [0.29, 0.717) is 73.1 Å². The van der Waals surface area contributed by atoms with Crippen molar-refractivity contribution in [1.82, 2.24) is 24.9 Å². The van der Waals surface area contributed by atoms with Crippen molar-refractivity contribution < 1.29 is 33.1 Å². The number of ether oxygens (including phenoxy) is 1. The summed E-state index contributed by atoms with van der Waals surface area (Å²) < 4.78 is 21.9. The maximum absolute atomic E-state index is 15.8. The summed E-state index contributed by atoms with van der Waals surface area (Å²) in [4.78, 5) is 75.1. The van der Waals surface area contributed by atoms with Crippen LogP contribution in [0.4, 0.5) is 15.9 Å². The first-order valence-electron chi connectivity index (χ1n) is 20.3. The molecule has 6 aliphatic heterocycles. The molecule has 2 N–H and O–H groups in total. The number of hydrogen-bond donors (Lipinski definition) is 1. The van der Waals surface area contributed by atoms with Gasteiger partial charge in [-0.1, -0.05) is 11.6 Å². The summed E-state index contributed by atoms with van der Waals surface area (Å²) >= 11 is 6.16. The summed E-state index contributed by atoms with van der Waals surface area (Å²) in [5.41, 5.74) is 6.05. The van der Waals surface area contributed by atoms with Gasteiger partial charge in [-0.2, -0.15) is 5.26 Å². The molecule has 10 rings (SSSR count). The number of hydrogen-bond acceptors (Lipinski definition) is 12. The maximum Gasteiger partial charge on any atom is 0.269 e. The highest BCUT2D eigenvalue weighted by atomic mass is 35.5. The van der Waals surface area contributed by atoms with Gasteiger partial charge in [-0.05, 0) is 93.7 Å². The molecule has 7 aliphatic rings. The van der Waals surface area contributed by atoms with E-state index >= 15 is 4.39 Å². The second kappa shape index (κ2) is 15.5. The average Bonchev–Trinajstić information content (AvgIpc) is 3.47. The number of fused-ring (bicyclic) bond motifs is 3. The number of piperidine rings is 3. The minimum atomic E-state index is -1.17. The number of rotatable bonds is 9. The molecule has 15 nitrogen and oxygen atoms in total. The molecule has 3 atom stereocenters. The van der Waals surface area contributed by atoms with Gasteiger partial charge in [0.1, 0.15) is 23.7 Å². The second-order valence-electron chi connectivity index (χ2n) is 16.5. The van der Waals surface area contributed by atoms with Crippen molar-refractivity contribution in [3.8, 4) is 11.8 Å². The van der Waals surface area contributed by atoms with Crippen LogP contribution in [0.1, 0.15) is 94.6 Å². The first kappa shape index (κ1) is 38.8. The number of amides is 5. The SMILES string of the molecule is N#Cc1ccc(OC2CCC(N3C(=O)CC[C@@H](N4C(=O)c5cc(F)c(N6CCC(CN7[C@@H]8C[C@@H]7CN(c7ccc(C(N)=O)nn7)C8)CC6)cc5C4=O)C3=O)CC2)cc1Cl. The van der Waals surface area contributed by atoms with E-state index in [9.17, 15) is 24.0 Å². The number of primary amides is 1. The molecule has 0 spiro atoms. The monoisotopic (exact) mass is 823 g/mol. The Hall–Kier alpha value is -5.66. The van der Waals surface area contributed by atoms with Gasteiger partial charge < -0.3 is 20.3 Å². The van der Waals surface area contributed by atoms with Crippen LogP contribution in [0.2, 0.25) is 5.02 Å². The topological polar surface area (TPSA) is 186 Å². The Balaban J connectivity index is 0.798. The Morgan fingerprint density at radius 1 is 0.864 bits per heavy atom. The van der Waals surface area contributed by atoms with Crippen molar-refractivity contribution in [2.45, 2.75) is 88.1 Å². The number of carbonyl (C=O) groups excluding carboxylic acids is 5. The zero-order chi connectivity index (χ0) is 41.1. The summed E-state index contributed by atoms with van der Waals surface area (Å²) in [5.74, 6) is -1.84. The van der Waals surface area contributed by atoms with Gasteiger partial charge in [0.25, 0.3) is 23.6 Å². The third-order valence-corrected chi connectivity index (χ3v) is 13.4. The van der Waals surface area contributed by atoms with E-state index in [-0.39, 0.29) is 47.4 Å². The number of halogens is 2. The molecule has 0 unspecified atom stereocenters. The number of nitriles is 1. The molecule has 59 heavy (non-hydrogen) atoms. The molecular weight excluding hydrogens is 781 g/mol. The Morgan fingerprint density at radius 2 is 1.58 bits per heavy atom. The molecular formula is C42H43ClFN9O6. The van der Waals surface area contributed by atoms with Crippen molar-refractivity contribution in [3.05, 3.63) is 75.7 Å². The highest BCUT2D eigenvalue weighted by Crippen LogP contribution is 2.39. The molecule has 5 saturated heterocycles. The highest BCUT2D eigenvalue weighted by Gasteiger charge is 2.50. The summed E-state index contributed by atoms with van der Waals surface area (Å²) in [6.45, 7) is 3.77. The molecule has 17 heteroatoms. The molecule has 3 aromatic rings. The zero-order valence-corrected chi connectivity index (χ0v) is 33.0. The van der Waals surface area contributed by atoms with Crippen LogP contribution in [0.15, 0.2) is 42.5 Å². The van der Waals surface area contributed by atoms with Crippen LogP contribution in [0, 0.1) is 23.1 Å². The standard InChI is InChI=1S/C42H43ClFN9O6/c43-32-16-29(4-1-24(32)19-45)59-28-5-2-25(3-6-28)52-38(54)10-8-35(42(52)58)53-40(56)30-17-33(44)36(18-31(30)41(53)57)49-13-11-23(12-14-49)20-51-26-15-27(51)22-50(21-26)37-9-7-34(39(46)55)47-48-37/h1,4,7,9,16-18,23,25-28,35H,2-3,5-6,8,10-15,20-22H2,(H2,46,55)/t25?,26-,27-,28?,35-/m1/s1. The number of likely N-dealkylation sites (tertiary alicyclic amines) is 1. The fourth-order valence-electron chi connectivity index (χ4n) is 9.93. The molecule has 2 bridgehead atoms. The Kier molecular flexibility index (Phi) is 10.2. The predicted octanol–water partition coefficient (Wildman–Crippen LogP) is 3.92. The summed E-state index contributed by atoms with van der Waals surface area (Å²) in [5, 5.41) is 17.6. The van der Waals surface area contributed by atoms with Crippen LogP contribution in [-0.2, 0) is 9.59 Å². The molecule has 0 radical (unpaired) electrons. The third-order valence-electron chi connectivity index (χ3n) is 13.1. The van der Waals surface area contributed by atoms with E-state index in [0.717, 1.165) is 55.7 Å². The normalized spacial score (nSPS) is 26.2. The molecule has 306 valence electrons. The third kappa shape index (κ3) is 7.14. The van der Waals surface area contributed by atoms with Crippen molar-refractivity contribution in [3.63, 3.8) is 0 Å².